The van der Waals surface area contributed by atoms with Gasteiger partial charge in [0, 0.05) is 42.7 Å². The van der Waals surface area contributed by atoms with Crippen LogP contribution in [0.3, 0.4) is 0 Å². The van der Waals surface area contributed by atoms with E-state index in [4.69, 9.17) is 0 Å². The third kappa shape index (κ3) is 3.45. The van der Waals surface area contributed by atoms with Gasteiger partial charge in [-0.1, -0.05) is 0 Å². The maximum absolute atomic E-state index is 14.0. The molecule has 5 rings (SSSR count). The molecule has 0 bridgehead atoms. The molecule has 0 radical (unpaired) electrons. The molecule has 0 atom stereocenters. The molecule has 5 heterocycles. The van der Waals surface area contributed by atoms with Crippen LogP contribution < -0.4 is 15.8 Å². The number of aromatic nitrogens is 5. The Balaban J connectivity index is 1.48. The summed E-state index contributed by atoms with van der Waals surface area (Å²) >= 11 is 0. The van der Waals surface area contributed by atoms with Crippen molar-refractivity contribution in [1.29, 1.82) is 0 Å². The van der Waals surface area contributed by atoms with Crippen molar-refractivity contribution in [3.05, 3.63) is 81.0 Å². The standard InChI is InChI=1S/C23H22FN7O/c1-13-8-21-27-15(3)14(2)23(32)31(21)29-22(13)30-7-5-19-16(12-30)9-17(10-26-19)28-20-4-6-25-11-18(20)24/h4,6,8-11H,5,7,12H2,1-3H3,(H,25,28). The molecule has 0 spiro atoms. The molecule has 8 nitrogen and oxygen atoms in total. The van der Waals surface area contributed by atoms with Gasteiger partial charge in [-0.2, -0.15) is 4.52 Å². The number of rotatable bonds is 3. The zero-order chi connectivity index (χ0) is 22.4. The minimum Gasteiger partial charge on any atom is -0.352 e. The van der Waals surface area contributed by atoms with E-state index >= 15 is 0 Å². The van der Waals surface area contributed by atoms with E-state index in [2.05, 4.69) is 30.3 Å². The van der Waals surface area contributed by atoms with E-state index in [-0.39, 0.29) is 5.56 Å². The molecule has 0 saturated carbocycles. The summed E-state index contributed by atoms with van der Waals surface area (Å²) in [6.07, 6.45) is 5.17. The van der Waals surface area contributed by atoms with E-state index in [0.717, 1.165) is 35.6 Å². The van der Waals surface area contributed by atoms with Gasteiger partial charge in [-0.05, 0) is 50.1 Å². The number of pyridine rings is 2. The Morgan fingerprint density at radius 3 is 2.81 bits per heavy atom. The zero-order valence-electron chi connectivity index (χ0n) is 18.1. The Hall–Kier alpha value is -3.88. The first-order chi connectivity index (χ1) is 15.4. The van der Waals surface area contributed by atoms with E-state index in [1.54, 1.807) is 19.2 Å². The number of aryl methyl sites for hydroxylation is 2. The molecule has 4 aromatic heterocycles. The molecule has 162 valence electrons. The number of hydrogen-bond acceptors (Lipinski definition) is 7. The van der Waals surface area contributed by atoms with Gasteiger partial charge in [-0.25, -0.2) is 9.37 Å². The number of fused-ring (bicyclic) bond motifs is 2. The quantitative estimate of drug-likeness (QED) is 0.533. The number of hydrogen-bond donors (Lipinski definition) is 1. The highest BCUT2D eigenvalue weighted by molar-refractivity contribution is 5.61. The monoisotopic (exact) mass is 431 g/mol. The lowest BCUT2D eigenvalue weighted by molar-refractivity contribution is 0.625. The fourth-order valence-corrected chi connectivity index (χ4v) is 3.96. The van der Waals surface area contributed by atoms with E-state index < -0.39 is 5.82 Å². The minimum atomic E-state index is -0.424. The zero-order valence-corrected chi connectivity index (χ0v) is 18.1. The Morgan fingerprint density at radius 2 is 2.00 bits per heavy atom. The van der Waals surface area contributed by atoms with Crippen molar-refractivity contribution in [2.24, 2.45) is 0 Å². The van der Waals surface area contributed by atoms with Crippen LogP contribution in [-0.2, 0) is 13.0 Å². The molecule has 1 aliphatic rings. The summed E-state index contributed by atoms with van der Waals surface area (Å²) in [5.41, 5.74) is 5.73. The summed E-state index contributed by atoms with van der Waals surface area (Å²) in [7, 11) is 0. The Morgan fingerprint density at radius 1 is 1.16 bits per heavy atom. The first kappa shape index (κ1) is 20.0. The van der Waals surface area contributed by atoms with E-state index in [9.17, 15) is 9.18 Å². The van der Waals surface area contributed by atoms with Crippen LogP contribution in [0.25, 0.3) is 5.65 Å². The predicted octanol–water partition coefficient (Wildman–Crippen LogP) is 3.25. The molecule has 0 amide bonds. The Kier molecular flexibility index (Phi) is 4.80. The van der Waals surface area contributed by atoms with Crippen molar-refractivity contribution in [2.75, 3.05) is 16.8 Å². The lowest BCUT2D eigenvalue weighted by atomic mass is 10.0. The Bertz CT molecular complexity index is 1420. The number of nitrogens with one attached hydrogen (secondary N) is 1. The lowest BCUT2D eigenvalue weighted by Gasteiger charge is -2.30. The largest absolute Gasteiger partial charge is 0.352 e. The van der Waals surface area contributed by atoms with Gasteiger partial charge in [0.15, 0.2) is 17.3 Å². The predicted molar refractivity (Wildman–Crippen MR) is 120 cm³/mol. The number of anilines is 3. The second-order valence-electron chi connectivity index (χ2n) is 8.03. The van der Waals surface area contributed by atoms with Crippen LogP contribution in [0, 0.1) is 26.6 Å². The first-order valence-corrected chi connectivity index (χ1v) is 10.4. The maximum Gasteiger partial charge on any atom is 0.277 e. The molecule has 9 heteroatoms. The topological polar surface area (TPSA) is 88.3 Å². The number of nitrogens with zero attached hydrogens (tertiary/aromatic N) is 6. The first-order valence-electron chi connectivity index (χ1n) is 10.4. The second-order valence-corrected chi connectivity index (χ2v) is 8.03. The molecule has 1 aliphatic heterocycles. The van der Waals surface area contributed by atoms with E-state index in [1.165, 1.54) is 16.9 Å². The van der Waals surface area contributed by atoms with Crippen LogP contribution in [0.4, 0.5) is 21.6 Å². The second kappa shape index (κ2) is 7.67. The van der Waals surface area contributed by atoms with Crippen LogP contribution in [0.2, 0.25) is 0 Å². The van der Waals surface area contributed by atoms with E-state index in [0.29, 0.717) is 34.8 Å². The normalized spacial score (nSPS) is 13.3. The van der Waals surface area contributed by atoms with Gasteiger partial charge >= 0.3 is 0 Å². The van der Waals surface area contributed by atoms with Crippen LogP contribution >= 0.6 is 0 Å². The molecule has 0 unspecified atom stereocenters. The third-order valence-corrected chi connectivity index (χ3v) is 5.84. The molecule has 0 aliphatic carbocycles. The van der Waals surface area contributed by atoms with Gasteiger partial charge < -0.3 is 10.2 Å². The smallest absolute Gasteiger partial charge is 0.277 e. The number of halogens is 1. The average molecular weight is 431 g/mol. The summed E-state index contributed by atoms with van der Waals surface area (Å²) in [5.74, 6) is 0.321. The van der Waals surface area contributed by atoms with Crippen LogP contribution in [0.1, 0.15) is 28.1 Å². The van der Waals surface area contributed by atoms with Crippen molar-refractivity contribution in [2.45, 2.75) is 33.7 Å². The summed E-state index contributed by atoms with van der Waals surface area (Å²) in [4.78, 5) is 27.7. The fraction of sp³-hybridized carbons (Fsp3) is 0.261. The SMILES string of the molecule is Cc1cc2nc(C)c(C)c(=O)n2nc1N1CCc2ncc(Nc3ccncc3F)cc2C1. The molecule has 0 fully saturated rings. The molecule has 0 aromatic carbocycles. The van der Waals surface area contributed by atoms with Crippen LogP contribution in [0.5, 0.6) is 0 Å². The fourth-order valence-electron chi connectivity index (χ4n) is 3.96. The van der Waals surface area contributed by atoms with Gasteiger partial charge in [-0.15, -0.1) is 5.10 Å². The summed E-state index contributed by atoms with van der Waals surface area (Å²) in [6, 6.07) is 5.46. The Labute approximate surface area is 183 Å². The van der Waals surface area contributed by atoms with Crippen LogP contribution in [-0.4, -0.2) is 31.1 Å². The molecule has 32 heavy (non-hydrogen) atoms. The molecular weight excluding hydrogens is 409 g/mol. The van der Waals surface area contributed by atoms with Gasteiger partial charge in [0.2, 0.25) is 0 Å². The molecular formula is C23H22FN7O. The molecule has 4 aromatic rings. The van der Waals surface area contributed by atoms with Crippen molar-refractivity contribution in [3.63, 3.8) is 0 Å². The van der Waals surface area contributed by atoms with Gasteiger partial charge in [0.25, 0.3) is 5.56 Å². The molecule has 0 saturated heterocycles. The maximum atomic E-state index is 14.0. The van der Waals surface area contributed by atoms with Crippen LogP contribution in [0.15, 0.2) is 41.6 Å². The lowest BCUT2D eigenvalue weighted by Crippen LogP contribution is -2.33. The van der Waals surface area contributed by atoms with E-state index in [1.807, 2.05) is 26.0 Å². The summed E-state index contributed by atoms with van der Waals surface area (Å²) in [6.45, 7) is 6.89. The van der Waals surface area contributed by atoms with Crippen molar-refractivity contribution < 1.29 is 4.39 Å². The van der Waals surface area contributed by atoms with Crippen molar-refractivity contribution in [1.82, 2.24) is 24.6 Å². The van der Waals surface area contributed by atoms with Crippen molar-refractivity contribution >= 4 is 22.8 Å². The van der Waals surface area contributed by atoms with Gasteiger partial charge in [0.05, 0.1) is 23.8 Å². The highest BCUT2D eigenvalue weighted by Crippen LogP contribution is 2.27. The molecule has 1 N–H and O–H groups in total. The summed E-state index contributed by atoms with van der Waals surface area (Å²) < 4.78 is 15.3. The highest BCUT2D eigenvalue weighted by atomic mass is 19.1. The van der Waals surface area contributed by atoms with Crippen molar-refractivity contribution in [3.8, 4) is 0 Å². The third-order valence-electron chi connectivity index (χ3n) is 5.84. The summed E-state index contributed by atoms with van der Waals surface area (Å²) in [5, 5.41) is 7.72. The van der Waals surface area contributed by atoms with Gasteiger partial charge in [0.1, 0.15) is 0 Å². The minimum absolute atomic E-state index is 0.154. The highest BCUT2D eigenvalue weighted by Gasteiger charge is 2.22. The van der Waals surface area contributed by atoms with Gasteiger partial charge in [-0.3, -0.25) is 14.8 Å². The average Bonchev–Trinajstić information content (AvgIpc) is 2.78.